The van der Waals surface area contributed by atoms with Gasteiger partial charge in [0.1, 0.15) is 0 Å². The number of aliphatic hydroxyl groups excluding tert-OH is 1. The summed E-state index contributed by atoms with van der Waals surface area (Å²) in [6.45, 7) is 0.0127. The number of anilines is 1. The summed E-state index contributed by atoms with van der Waals surface area (Å²) in [6.07, 6.45) is 0. The van der Waals surface area contributed by atoms with E-state index < -0.39 is 0 Å². The van der Waals surface area contributed by atoms with Crippen LogP contribution in [0.5, 0.6) is 0 Å². The monoisotopic (exact) mass is 233 g/mol. The molecule has 1 heterocycles. The molecule has 0 saturated carbocycles. The fourth-order valence-electron chi connectivity index (χ4n) is 1.29. The second-order valence-electron chi connectivity index (χ2n) is 3.32. The Morgan fingerprint density at radius 1 is 1.25 bits per heavy atom. The van der Waals surface area contributed by atoms with E-state index in [1.807, 2.05) is 5.38 Å². The number of thiophene rings is 1. The molecule has 0 unspecified atom stereocenters. The van der Waals surface area contributed by atoms with Crippen molar-refractivity contribution in [2.75, 3.05) is 5.32 Å². The number of carbonyl (C=O) groups is 1. The van der Waals surface area contributed by atoms with E-state index >= 15 is 0 Å². The molecule has 1 aromatic carbocycles. The number of aliphatic hydroxyl groups is 1. The molecule has 0 aliphatic carbocycles. The summed E-state index contributed by atoms with van der Waals surface area (Å²) in [4.78, 5) is 11.7. The second-order valence-corrected chi connectivity index (χ2v) is 4.10. The Labute approximate surface area is 97.4 Å². The maximum atomic E-state index is 11.7. The van der Waals surface area contributed by atoms with Crippen LogP contribution in [0, 0.1) is 0 Å². The fourth-order valence-corrected chi connectivity index (χ4v) is 1.93. The highest BCUT2D eigenvalue weighted by molar-refractivity contribution is 7.08. The highest BCUT2D eigenvalue weighted by Crippen LogP contribution is 2.12. The standard InChI is InChI=1S/C12H11NO2S/c14-7-9-1-3-11(4-2-9)13-12(15)10-5-6-16-8-10/h1-6,8,14H,7H2,(H,13,15). The third-order valence-electron chi connectivity index (χ3n) is 2.18. The first-order valence-corrected chi connectivity index (χ1v) is 5.77. The average molecular weight is 233 g/mol. The molecule has 0 fully saturated rings. The summed E-state index contributed by atoms with van der Waals surface area (Å²) in [5.74, 6) is -0.113. The predicted molar refractivity (Wildman–Crippen MR) is 64.6 cm³/mol. The van der Waals surface area contributed by atoms with Crippen LogP contribution in [0.4, 0.5) is 5.69 Å². The zero-order valence-corrected chi connectivity index (χ0v) is 9.33. The van der Waals surface area contributed by atoms with Gasteiger partial charge < -0.3 is 10.4 Å². The number of hydrogen-bond acceptors (Lipinski definition) is 3. The summed E-state index contributed by atoms with van der Waals surface area (Å²) >= 11 is 1.49. The largest absolute Gasteiger partial charge is 0.392 e. The normalized spacial score (nSPS) is 10.1. The lowest BCUT2D eigenvalue weighted by molar-refractivity contribution is 0.102. The zero-order chi connectivity index (χ0) is 11.4. The highest BCUT2D eigenvalue weighted by Gasteiger charge is 2.05. The fraction of sp³-hybridized carbons (Fsp3) is 0.0833. The number of nitrogens with one attached hydrogen (secondary N) is 1. The van der Waals surface area contributed by atoms with E-state index in [-0.39, 0.29) is 12.5 Å². The summed E-state index contributed by atoms with van der Waals surface area (Å²) in [5, 5.41) is 15.3. The molecule has 2 aromatic rings. The Morgan fingerprint density at radius 3 is 2.56 bits per heavy atom. The minimum Gasteiger partial charge on any atom is -0.392 e. The van der Waals surface area contributed by atoms with Crippen LogP contribution in [0.1, 0.15) is 15.9 Å². The number of rotatable bonds is 3. The molecule has 0 bridgehead atoms. The predicted octanol–water partition coefficient (Wildman–Crippen LogP) is 2.49. The van der Waals surface area contributed by atoms with Gasteiger partial charge in [0.05, 0.1) is 12.2 Å². The molecule has 82 valence electrons. The maximum absolute atomic E-state index is 11.7. The molecule has 0 saturated heterocycles. The van der Waals surface area contributed by atoms with Gasteiger partial charge in [-0.3, -0.25) is 4.79 Å². The van der Waals surface area contributed by atoms with E-state index in [2.05, 4.69) is 5.32 Å². The molecule has 1 amide bonds. The highest BCUT2D eigenvalue weighted by atomic mass is 32.1. The first kappa shape index (κ1) is 10.9. The lowest BCUT2D eigenvalue weighted by atomic mass is 10.2. The molecular weight excluding hydrogens is 222 g/mol. The van der Waals surface area contributed by atoms with Crippen LogP contribution >= 0.6 is 11.3 Å². The molecular formula is C12H11NO2S. The van der Waals surface area contributed by atoms with Crippen LogP contribution < -0.4 is 5.32 Å². The van der Waals surface area contributed by atoms with Crippen molar-refractivity contribution < 1.29 is 9.90 Å². The quantitative estimate of drug-likeness (QED) is 0.855. The Bertz CT molecular complexity index is 462. The SMILES string of the molecule is O=C(Nc1ccc(CO)cc1)c1ccsc1. The molecule has 0 aliphatic heterocycles. The van der Waals surface area contributed by atoms with Gasteiger partial charge in [-0.2, -0.15) is 11.3 Å². The zero-order valence-electron chi connectivity index (χ0n) is 8.51. The van der Waals surface area contributed by atoms with Crippen LogP contribution in [0.15, 0.2) is 41.1 Å². The smallest absolute Gasteiger partial charge is 0.256 e. The van der Waals surface area contributed by atoms with Crippen LogP contribution in [-0.2, 0) is 6.61 Å². The summed E-state index contributed by atoms with van der Waals surface area (Å²) < 4.78 is 0. The van der Waals surface area contributed by atoms with Crippen molar-refractivity contribution in [2.24, 2.45) is 0 Å². The molecule has 2 N–H and O–H groups in total. The van der Waals surface area contributed by atoms with Gasteiger partial charge in [-0.05, 0) is 29.1 Å². The minimum atomic E-state index is -0.113. The Morgan fingerprint density at radius 2 is 2.00 bits per heavy atom. The summed E-state index contributed by atoms with van der Waals surface area (Å²) in [6, 6.07) is 8.89. The van der Waals surface area contributed by atoms with Gasteiger partial charge in [-0.15, -0.1) is 0 Å². The molecule has 1 aromatic heterocycles. The van der Waals surface area contributed by atoms with Gasteiger partial charge >= 0.3 is 0 Å². The van der Waals surface area contributed by atoms with Crippen LogP contribution in [0.3, 0.4) is 0 Å². The van der Waals surface area contributed by atoms with E-state index in [1.165, 1.54) is 11.3 Å². The molecule has 0 radical (unpaired) electrons. The third-order valence-corrected chi connectivity index (χ3v) is 2.86. The number of carbonyl (C=O) groups excluding carboxylic acids is 1. The Balaban J connectivity index is 2.06. The molecule has 0 aliphatic rings. The number of amides is 1. The van der Waals surface area contributed by atoms with Crippen molar-refractivity contribution in [3.63, 3.8) is 0 Å². The van der Waals surface area contributed by atoms with Gasteiger partial charge in [-0.25, -0.2) is 0 Å². The third kappa shape index (κ3) is 2.48. The van der Waals surface area contributed by atoms with E-state index in [0.29, 0.717) is 5.56 Å². The van der Waals surface area contributed by atoms with Crippen molar-refractivity contribution >= 4 is 22.9 Å². The van der Waals surface area contributed by atoms with Gasteiger partial charge in [0.15, 0.2) is 0 Å². The average Bonchev–Trinajstić information content (AvgIpc) is 2.83. The van der Waals surface area contributed by atoms with Crippen molar-refractivity contribution in [1.82, 2.24) is 0 Å². The second kappa shape index (κ2) is 4.92. The van der Waals surface area contributed by atoms with Crippen LogP contribution in [0.2, 0.25) is 0 Å². The summed E-state index contributed by atoms with van der Waals surface area (Å²) in [5.41, 5.74) is 2.22. The van der Waals surface area contributed by atoms with Gasteiger partial charge in [0, 0.05) is 11.1 Å². The van der Waals surface area contributed by atoms with E-state index in [4.69, 9.17) is 5.11 Å². The minimum absolute atomic E-state index is 0.0127. The molecule has 3 nitrogen and oxygen atoms in total. The van der Waals surface area contributed by atoms with Crippen LogP contribution in [-0.4, -0.2) is 11.0 Å². The molecule has 2 rings (SSSR count). The van der Waals surface area contributed by atoms with Crippen LogP contribution in [0.25, 0.3) is 0 Å². The van der Waals surface area contributed by atoms with Crippen molar-refractivity contribution in [3.05, 3.63) is 52.2 Å². The van der Waals surface area contributed by atoms with Crippen molar-refractivity contribution in [2.45, 2.75) is 6.61 Å². The first-order chi connectivity index (χ1) is 7.79. The lowest BCUT2D eigenvalue weighted by Crippen LogP contribution is -2.10. The molecule has 0 spiro atoms. The molecule has 0 atom stereocenters. The first-order valence-electron chi connectivity index (χ1n) is 4.83. The van der Waals surface area contributed by atoms with Gasteiger partial charge in [-0.1, -0.05) is 12.1 Å². The van der Waals surface area contributed by atoms with E-state index in [9.17, 15) is 4.79 Å². The molecule has 16 heavy (non-hydrogen) atoms. The van der Waals surface area contributed by atoms with E-state index in [1.54, 1.807) is 35.7 Å². The number of benzene rings is 1. The lowest BCUT2D eigenvalue weighted by Gasteiger charge is -2.04. The topological polar surface area (TPSA) is 49.3 Å². The van der Waals surface area contributed by atoms with Gasteiger partial charge in [0.25, 0.3) is 5.91 Å². The maximum Gasteiger partial charge on any atom is 0.256 e. The Kier molecular flexibility index (Phi) is 3.34. The number of hydrogen-bond donors (Lipinski definition) is 2. The van der Waals surface area contributed by atoms with E-state index in [0.717, 1.165) is 11.3 Å². The van der Waals surface area contributed by atoms with Crippen molar-refractivity contribution in [3.8, 4) is 0 Å². The van der Waals surface area contributed by atoms with Crippen molar-refractivity contribution in [1.29, 1.82) is 0 Å². The Hall–Kier alpha value is -1.65. The van der Waals surface area contributed by atoms with Gasteiger partial charge in [0.2, 0.25) is 0 Å². The summed E-state index contributed by atoms with van der Waals surface area (Å²) in [7, 11) is 0. The molecule has 4 heteroatoms.